The summed E-state index contributed by atoms with van der Waals surface area (Å²) in [6, 6.07) is 5.78. The number of ether oxygens (including phenoxy) is 5. The zero-order chi connectivity index (χ0) is 23.0. The first-order valence-electron chi connectivity index (χ1n) is 11.3. The van der Waals surface area contributed by atoms with Crippen LogP contribution in [0.2, 0.25) is 0 Å². The zero-order valence-electron chi connectivity index (χ0n) is 19.2. The molecule has 1 aromatic rings. The van der Waals surface area contributed by atoms with E-state index in [1.807, 2.05) is 18.2 Å². The van der Waals surface area contributed by atoms with Crippen molar-refractivity contribution in [3.05, 3.63) is 47.1 Å². The molecule has 6 rings (SSSR count). The summed E-state index contributed by atoms with van der Waals surface area (Å²) in [5.41, 5.74) is 1.73. The molecule has 2 bridgehead atoms. The highest BCUT2D eigenvalue weighted by Gasteiger charge is 2.79. The molecule has 3 fully saturated rings. The van der Waals surface area contributed by atoms with Gasteiger partial charge in [-0.1, -0.05) is 17.9 Å². The average molecular weight is 450 g/mol. The topological polar surface area (TPSA) is 66.5 Å². The van der Waals surface area contributed by atoms with E-state index in [-0.39, 0.29) is 35.8 Å². The number of methoxy groups -OCH3 is 4. The first-order chi connectivity index (χ1) is 16.0. The lowest BCUT2D eigenvalue weighted by Crippen LogP contribution is -2.47. The third-order valence-electron chi connectivity index (χ3n) is 8.04. The van der Waals surface area contributed by atoms with Crippen LogP contribution in [0.15, 0.2) is 41.5 Å². The van der Waals surface area contributed by atoms with Crippen LogP contribution in [0.1, 0.15) is 24.8 Å². The van der Waals surface area contributed by atoms with E-state index in [1.54, 1.807) is 34.5 Å². The first-order valence-corrected chi connectivity index (χ1v) is 11.3. The van der Waals surface area contributed by atoms with Gasteiger partial charge in [-0.25, -0.2) is 4.79 Å². The molecule has 5 aliphatic rings. The van der Waals surface area contributed by atoms with Crippen LogP contribution in [0.25, 0.3) is 0 Å². The summed E-state index contributed by atoms with van der Waals surface area (Å²) >= 11 is 0. The molecule has 3 aliphatic heterocycles. The van der Waals surface area contributed by atoms with Gasteiger partial charge in [0.05, 0.1) is 25.8 Å². The number of benzene rings is 1. The fraction of sp³-hybridized carbons (Fsp3) is 0.500. The van der Waals surface area contributed by atoms with Crippen LogP contribution in [0, 0.1) is 11.8 Å². The fourth-order valence-electron chi connectivity index (χ4n) is 6.82. The second-order valence-electron chi connectivity index (χ2n) is 9.34. The largest absolute Gasteiger partial charge is 0.497 e. The van der Waals surface area contributed by atoms with Crippen LogP contribution in [-0.2, 0) is 19.0 Å². The quantitative estimate of drug-likeness (QED) is 0.516. The summed E-state index contributed by atoms with van der Waals surface area (Å²) in [6.45, 7) is 0. The van der Waals surface area contributed by atoms with Gasteiger partial charge in [0.2, 0.25) is 0 Å². The van der Waals surface area contributed by atoms with Crippen LogP contribution in [-0.4, -0.2) is 74.7 Å². The molecule has 1 aromatic carbocycles. The Balaban J connectivity index is 1.41. The van der Waals surface area contributed by atoms with Crippen molar-refractivity contribution < 1.29 is 28.5 Å². The predicted octanol–water partition coefficient (Wildman–Crippen LogP) is 2.24. The molecule has 172 valence electrons. The number of nitrogens with zero attached hydrogens (tertiary/aromatic N) is 1. The first kappa shape index (κ1) is 20.8. The summed E-state index contributed by atoms with van der Waals surface area (Å²) in [5, 5.41) is 0. The van der Waals surface area contributed by atoms with Gasteiger partial charge >= 0.3 is 5.97 Å². The number of hydrogen-bond donors (Lipinski definition) is 0. The highest BCUT2D eigenvalue weighted by Crippen LogP contribution is 2.65. The van der Waals surface area contributed by atoms with Crippen molar-refractivity contribution in [2.45, 2.75) is 54.7 Å². The summed E-state index contributed by atoms with van der Waals surface area (Å²) in [6.07, 6.45) is 6.54. The molecule has 3 heterocycles. The van der Waals surface area contributed by atoms with Gasteiger partial charge in [-0.2, -0.15) is 0 Å². The maximum Gasteiger partial charge on any atom is 0.332 e. The lowest BCUT2D eigenvalue weighted by molar-refractivity contribution is -0.147. The van der Waals surface area contributed by atoms with Gasteiger partial charge in [-0.3, -0.25) is 4.90 Å². The Morgan fingerprint density at radius 2 is 1.73 bits per heavy atom. The molecule has 0 N–H and O–H groups in total. The molecule has 2 unspecified atom stereocenters. The Morgan fingerprint density at radius 1 is 1.03 bits per heavy atom. The Labute approximate surface area is 193 Å². The number of hydrogen-bond acceptors (Lipinski definition) is 7. The van der Waals surface area contributed by atoms with E-state index in [2.05, 4.69) is 22.8 Å². The molecule has 0 amide bonds. The van der Waals surface area contributed by atoms with E-state index in [9.17, 15) is 4.79 Å². The minimum absolute atomic E-state index is 0.0277. The molecule has 2 saturated heterocycles. The predicted molar refractivity (Wildman–Crippen MR) is 119 cm³/mol. The SMILES string of the molecule is COc1cc(C#CC2=C[C@@H]3C[C@@]4(OC(=O)C=C24)[C@H]2CCC4(C(OC)[C@H]4OC)N32)cc(OC)c1. The van der Waals surface area contributed by atoms with E-state index >= 15 is 0 Å². The molecule has 0 aromatic heterocycles. The summed E-state index contributed by atoms with van der Waals surface area (Å²) < 4.78 is 28.4. The minimum atomic E-state index is -0.644. The summed E-state index contributed by atoms with van der Waals surface area (Å²) in [5.74, 6) is 7.64. The zero-order valence-corrected chi connectivity index (χ0v) is 19.2. The molecule has 1 saturated carbocycles. The average Bonchev–Trinajstić information content (AvgIpc) is 3.06. The number of fused-ring (bicyclic) bond motifs is 4. The van der Waals surface area contributed by atoms with Gasteiger partial charge in [0, 0.05) is 55.5 Å². The molecule has 7 heteroatoms. The van der Waals surface area contributed by atoms with Crippen molar-refractivity contribution in [2.75, 3.05) is 28.4 Å². The number of carbonyl (C=O) groups is 1. The monoisotopic (exact) mass is 449 g/mol. The van der Waals surface area contributed by atoms with Gasteiger partial charge < -0.3 is 23.7 Å². The van der Waals surface area contributed by atoms with Crippen molar-refractivity contribution in [1.82, 2.24) is 4.90 Å². The van der Waals surface area contributed by atoms with Crippen LogP contribution in [0.3, 0.4) is 0 Å². The number of carbonyl (C=O) groups excluding carboxylic acids is 1. The lowest BCUT2D eigenvalue weighted by atomic mass is 9.77. The van der Waals surface area contributed by atoms with Gasteiger partial charge in [-0.05, 0) is 25.0 Å². The third-order valence-corrected chi connectivity index (χ3v) is 8.04. The van der Waals surface area contributed by atoms with E-state index in [4.69, 9.17) is 23.7 Å². The molecule has 2 spiro atoms. The minimum Gasteiger partial charge on any atom is -0.497 e. The van der Waals surface area contributed by atoms with E-state index in [0.717, 1.165) is 36.0 Å². The number of rotatable bonds is 4. The number of esters is 1. The highest BCUT2D eigenvalue weighted by atomic mass is 16.6. The van der Waals surface area contributed by atoms with E-state index < -0.39 is 5.60 Å². The molecule has 7 nitrogen and oxygen atoms in total. The second-order valence-corrected chi connectivity index (χ2v) is 9.34. The molecular weight excluding hydrogens is 422 g/mol. The second kappa shape index (κ2) is 7.10. The highest BCUT2D eigenvalue weighted by molar-refractivity contribution is 5.90. The molecule has 6 atom stereocenters. The fourth-order valence-corrected chi connectivity index (χ4v) is 6.82. The standard InChI is InChI=1S/C26H27NO6/c1-29-18-9-15(10-19(12-18)30-2)5-6-16-11-17-14-26(20(16)13-22(28)33-26)21-7-8-25(27(17)21)23(31-3)24(25)32-4/h9-13,17,21,23-24H,7-8,14H2,1-4H3/t17-,21-,23-,24?,25?,26+/m1/s1. The Kier molecular flexibility index (Phi) is 4.47. The summed E-state index contributed by atoms with van der Waals surface area (Å²) in [4.78, 5) is 15.0. The Hall–Kier alpha value is -2.79. The molecule has 33 heavy (non-hydrogen) atoms. The van der Waals surface area contributed by atoms with Gasteiger partial charge in [0.1, 0.15) is 23.7 Å². The van der Waals surface area contributed by atoms with Crippen LogP contribution in [0.4, 0.5) is 0 Å². The van der Waals surface area contributed by atoms with E-state index in [1.165, 1.54) is 0 Å². The van der Waals surface area contributed by atoms with Crippen LogP contribution >= 0.6 is 0 Å². The lowest BCUT2D eigenvalue weighted by Gasteiger charge is -2.33. The molecule has 2 aliphatic carbocycles. The van der Waals surface area contributed by atoms with Crippen LogP contribution < -0.4 is 9.47 Å². The normalized spacial score (nSPS) is 37.5. The third kappa shape index (κ3) is 2.66. The van der Waals surface area contributed by atoms with Crippen molar-refractivity contribution in [3.63, 3.8) is 0 Å². The Bertz CT molecular complexity index is 1130. The smallest absolute Gasteiger partial charge is 0.332 e. The Morgan fingerprint density at radius 3 is 2.36 bits per heavy atom. The van der Waals surface area contributed by atoms with Crippen molar-refractivity contribution >= 4 is 5.97 Å². The van der Waals surface area contributed by atoms with Crippen molar-refractivity contribution in [1.29, 1.82) is 0 Å². The van der Waals surface area contributed by atoms with E-state index in [0.29, 0.717) is 11.5 Å². The van der Waals surface area contributed by atoms with Gasteiger partial charge in [0.15, 0.2) is 5.60 Å². The van der Waals surface area contributed by atoms with Crippen molar-refractivity contribution in [2.24, 2.45) is 0 Å². The van der Waals surface area contributed by atoms with Crippen LogP contribution in [0.5, 0.6) is 11.5 Å². The molecular formula is C26H27NO6. The van der Waals surface area contributed by atoms with Gasteiger partial charge in [0.25, 0.3) is 0 Å². The maximum atomic E-state index is 12.5. The summed E-state index contributed by atoms with van der Waals surface area (Å²) in [7, 11) is 6.72. The van der Waals surface area contributed by atoms with Gasteiger partial charge in [-0.15, -0.1) is 0 Å². The molecule has 0 radical (unpaired) electrons. The maximum absolute atomic E-state index is 12.5. The van der Waals surface area contributed by atoms with Crippen molar-refractivity contribution in [3.8, 4) is 23.3 Å².